The van der Waals surface area contributed by atoms with Crippen molar-refractivity contribution in [1.82, 2.24) is 9.55 Å². The fraction of sp³-hybridized carbons (Fsp3) is 0.588. The van der Waals surface area contributed by atoms with Crippen LogP contribution in [0.25, 0.3) is 0 Å². The van der Waals surface area contributed by atoms with E-state index in [-0.39, 0.29) is 0 Å². The molecule has 1 fully saturated rings. The fourth-order valence-corrected chi connectivity index (χ4v) is 3.75. The van der Waals surface area contributed by atoms with Gasteiger partial charge in [0.1, 0.15) is 17.8 Å². The van der Waals surface area contributed by atoms with Crippen LogP contribution in [0.1, 0.15) is 29.9 Å². The molecule has 1 aliphatic heterocycles. The summed E-state index contributed by atoms with van der Waals surface area (Å²) in [4.78, 5) is 49.0. The van der Waals surface area contributed by atoms with Crippen molar-refractivity contribution >= 4 is 24.9 Å². The van der Waals surface area contributed by atoms with Gasteiger partial charge in [-0.1, -0.05) is 0 Å². The van der Waals surface area contributed by atoms with Gasteiger partial charge in [-0.05, 0) is 25.9 Å². The largest absolute Gasteiger partial charge is 0.457 e. The molecule has 156 valence electrons. The summed E-state index contributed by atoms with van der Waals surface area (Å²) < 4.78 is 11.1. The Kier molecular flexibility index (Phi) is 6.82. The first-order chi connectivity index (χ1) is 12.9. The molecule has 0 aliphatic carbocycles. The minimum absolute atomic E-state index is 0.431. The Morgan fingerprint density at radius 3 is 2.54 bits per heavy atom. The van der Waals surface area contributed by atoms with E-state index in [1.54, 1.807) is 0 Å². The molecule has 0 aromatic carbocycles. The predicted molar refractivity (Wildman–Crippen MR) is 104 cm³/mol. The second-order valence-corrected chi connectivity index (χ2v) is 11.7. The molecular weight excluding hydrogens is 391 g/mol. The maximum absolute atomic E-state index is 12.2. The second-order valence-electron chi connectivity index (χ2n) is 7.41. The number of carbonyl (C=O) groups is 2. The highest BCUT2D eigenvalue weighted by atomic mass is 31.2. The van der Waals surface area contributed by atoms with Gasteiger partial charge in [0, 0.05) is 13.1 Å². The van der Waals surface area contributed by atoms with E-state index in [0.717, 1.165) is 17.7 Å². The van der Waals surface area contributed by atoms with Crippen LogP contribution < -0.4 is 11.2 Å². The molecule has 1 saturated heterocycles. The third-order valence-corrected chi connectivity index (χ3v) is 5.77. The van der Waals surface area contributed by atoms with Crippen molar-refractivity contribution in [3.63, 3.8) is 0 Å². The zero-order valence-corrected chi connectivity index (χ0v) is 16.8. The molecular formula is C17H25N2O8P. The maximum atomic E-state index is 12.2. The lowest BCUT2D eigenvalue weighted by molar-refractivity contribution is -0.139. The molecule has 0 saturated carbocycles. The molecule has 1 aromatic heterocycles. The Bertz CT molecular complexity index is 914. The van der Waals surface area contributed by atoms with Crippen LogP contribution in [0.15, 0.2) is 15.8 Å². The minimum atomic E-state index is -1.43. The summed E-state index contributed by atoms with van der Waals surface area (Å²) in [6.07, 6.45) is 1.49. The number of aromatic amines is 1. The van der Waals surface area contributed by atoms with Gasteiger partial charge in [-0.3, -0.25) is 23.9 Å². The minimum Gasteiger partial charge on any atom is -0.457 e. The van der Waals surface area contributed by atoms with Gasteiger partial charge in [0.05, 0.1) is 6.10 Å². The average molecular weight is 416 g/mol. The average Bonchev–Trinajstić information content (AvgIpc) is 2.85. The van der Waals surface area contributed by atoms with Crippen molar-refractivity contribution in [2.45, 2.75) is 37.9 Å². The highest BCUT2D eigenvalue weighted by Gasteiger charge is 2.44. The summed E-state index contributed by atoms with van der Waals surface area (Å²) in [5.74, 6) is -1.52. The second kappa shape index (κ2) is 8.57. The molecule has 28 heavy (non-hydrogen) atoms. The highest BCUT2D eigenvalue weighted by Crippen LogP contribution is 2.39. The summed E-state index contributed by atoms with van der Waals surface area (Å²) in [5, 5.41) is 20.6. The van der Waals surface area contributed by atoms with Gasteiger partial charge in [0.15, 0.2) is 12.8 Å². The summed E-state index contributed by atoms with van der Waals surface area (Å²) in [5.41, 5.74) is -2.29. The van der Waals surface area contributed by atoms with Crippen molar-refractivity contribution in [2.75, 3.05) is 26.1 Å². The Labute approximate surface area is 161 Å². The van der Waals surface area contributed by atoms with Gasteiger partial charge < -0.3 is 19.7 Å². The number of hydrogen-bond acceptors (Lipinski definition) is 8. The fourth-order valence-electron chi connectivity index (χ4n) is 2.79. The molecule has 0 radical (unpaired) electrons. The van der Waals surface area contributed by atoms with E-state index in [1.165, 1.54) is 0 Å². The topological polar surface area (TPSA) is 148 Å². The van der Waals surface area contributed by atoms with Gasteiger partial charge in [0.25, 0.3) is 5.56 Å². The first-order valence-electron chi connectivity index (χ1n) is 8.61. The number of Topliss-reactive ketones (excluding diaryl/α,β-unsaturated/α-hetero) is 1. The van der Waals surface area contributed by atoms with E-state index >= 15 is 0 Å². The molecule has 4 atom stereocenters. The molecule has 1 aliphatic rings. The third-order valence-electron chi connectivity index (χ3n) is 4.31. The lowest BCUT2D eigenvalue weighted by Gasteiger charge is -2.19. The standard InChI is InChI=1S/C17H25N2O8P/c1-9(20)26-8-11(21)10-7-19(17(25)18-15(10)24)16-14(23)13(22)12(27-16)5-6-28(2,3)4/h7,12-14,16,22-23H,2,5-6,8H2,1,3-4H3,(H,18,24,25)/t12?,13-,14-,16?/m1/s1. The number of rotatable bonds is 7. The maximum Gasteiger partial charge on any atom is 0.330 e. The summed E-state index contributed by atoms with van der Waals surface area (Å²) in [6.45, 7) is 3.10. The lowest BCUT2D eigenvalue weighted by atomic mass is 10.1. The number of aromatic nitrogens is 2. The van der Waals surface area contributed by atoms with Crippen molar-refractivity contribution in [1.29, 1.82) is 0 Å². The lowest BCUT2D eigenvalue weighted by Crippen LogP contribution is -2.39. The Morgan fingerprint density at radius 1 is 1.32 bits per heavy atom. The van der Waals surface area contributed by atoms with Gasteiger partial charge in [-0.25, -0.2) is 4.79 Å². The molecule has 0 bridgehead atoms. The van der Waals surface area contributed by atoms with Crippen LogP contribution >= 0.6 is 6.89 Å². The number of carbonyl (C=O) groups excluding carboxylic acids is 2. The number of esters is 1. The van der Waals surface area contributed by atoms with Crippen LogP contribution in [0.4, 0.5) is 0 Å². The Morgan fingerprint density at radius 2 is 1.96 bits per heavy atom. The monoisotopic (exact) mass is 416 g/mol. The van der Waals surface area contributed by atoms with Crippen LogP contribution in [-0.2, 0) is 14.3 Å². The van der Waals surface area contributed by atoms with E-state index in [2.05, 4.69) is 11.0 Å². The predicted octanol–water partition coefficient (Wildman–Crippen LogP) is -0.999. The van der Waals surface area contributed by atoms with Crippen LogP contribution in [0.3, 0.4) is 0 Å². The van der Waals surface area contributed by atoms with E-state index < -0.39 is 66.6 Å². The van der Waals surface area contributed by atoms with Crippen molar-refractivity contribution in [3.8, 4) is 0 Å². The van der Waals surface area contributed by atoms with Crippen molar-refractivity contribution < 1.29 is 29.3 Å². The van der Waals surface area contributed by atoms with Crippen LogP contribution in [0.5, 0.6) is 0 Å². The normalized spacial score (nSPS) is 24.9. The van der Waals surface area contributed by atoms with Gasteiger partial charge >= 0.3 is 11.7 Å². The summed E-state index contributed by atoms with van der Waals surface area (Å²) >= 11 is 0. The Balaban J connectivity index is 2.29. The number of hydrogen-bond donors (Lipinski definition) is 3. The van der Waals surface area contributed by atoms with Gasteiger partial charge in [-0.2, -0.15) is 0 Å². The molecule has 10 nitrogen and oxygen atoms in total. The smallest absolute Gasteiger partial charge is 0.330 e. The third kappa shape index (κ3) is 5.29. The quantitative estimate of drug-likeness (QED) is 0.291. The van der Waals surface area contributed by atoms with E-state index in [4.69, 9.17) is 4.74 Å². The van der Waals surface area contributed by atoms with Gasteiger partial charge in [0.2, 0.25) is 5.78 Å². The van der Waals surface area contributed by atoms with Crippen LogP contribution in [0.2, 0.25) is 0 Å². The first kappa shape index (κ1) is 22.3. The molecule has 0 spiro atoms. The molecule has 2 unspecified atom stereocenters. The zero-order valence-electron chi connectivity index (χ0n) is 16.0. The Hall–Kier alpha value is -2.00. The highest BCUT2D eigenvalue weighted by molar-refractivity contribution is 7.72. The van der Waals surface area contributed by atoms with E-state index in [0.29, 0.717) is 12.6 Å². The number of ketones is 1. The number of nitrogens with zero attached hydrogens (tertiary/aromatic N) is 1. The van der Waals surface area contributed by atoms with Crippen LogP contribution in [-0.4, -0.2) is 82.2 Å². The summed E-state index contributed by atoms with van der Waals surface area (Å²) in [7, 11) is 0. The SMILES string of the molecule is C=P(C)(C)CCC1OC(n2cc(C(=O)COC(C)=O)c(=O)[nH]c2=O)[C@H](O)[C@@H]1O. The first-order valence-corrected chi connectivity index (χ1v) is 11.7. The summed E-state index contributed by atoms with van der Waals surface area (Å²) in [6, 6.07) is 0. The molecule has 11 heteroatoms. The number of ether oxygens (including phenoxy) is 2. The number of H-pyrrole nitrogens is 1. The molecule has 1 aromatic rings. The van der Waals surface area contributed by atoms with Crippen molar-refractivity contribution in [3.05, 3.63) is 32.6 Å². The number of nitrogens with one attached hydrogen (secondary N) is 1. The van der Waals surface area contributed by atoms with E-state index in [1.807, 2.05) is 18.3 Å². The number of aliphatic hydroxyl groups excluding tert-OH is 2. The van der Waals surface area contributed by atoms with Crippen molar-refractivity contribution in [2.24, 2.45) is 0 Å². The van der Waals surface area contributed by atoms with E-state index in [9.17, 15) is 29.4 Å². The molecule has 2 rings (SSSR count). The number of aliphatic hydroxyl groups is 2. The molecule has 2 heterocycles. The molecule has 3 N–H and O–H groups in total. The van der Waals surface area contributed by atoms with Gasteiger partial charge in [-0.15, -0.1) is 13.2 Å². The zero-order chi connectivity index (χ0) is 21.2. The van der Waals surface area contributed by atoms with Crippen LogP contribution in [0, 0.1) is 0 Å². The molecule has 0 amide bonds.